The summed E-state index contributed by atoms with van der Waals surface area (Å²) < 4.78 is 13.4. The van der Waals surface area contributed by atoms with E-state index in [1.807, 2.05) is 0 Å². The Morgan fingerprint density at radius 2 is 1.94 bits per heavy atom. The highest BCUT2D eigenvalue weighted by Crippen LogP contribution is 2.27. The molecule has 1 N–H and O–H groups in total. The zero-order chi connectivity index (χ0) is 11.5. The first-order valence-corrected chi connectivity index (χ1v) is 5.25. The van der Waals surface area contributed by atoms with Gasteiger partial charge in [-0.15, -0.1) is 0 Å². The lowest BCUT2D eigenvalue weighted by atomic mass is 10.3. The molecule has 0 aliphatic rings. The summed E-state index contributed by atoms with van der Waals surface area (Å²) in [5.41, 5.74) is 0.207. The van der Waals surface area contributed by atoms with Gasteiger partial charge in [-0.25, -0.2) is 9.37 Å². The number of pyridine rings is 1. The minimum Gasteiger partial charge on any atom is -0.337 e. The highest BCUT2D eigenvalue weighted by atomic mass is 35.5. The van der Waals surface area contributed by atoms with Crippen LogP contribution < -0.4 is 5.32 Å². The molecular formula is C11H7Cl2FN2. The first kappa shape index (κ1) is 11.2. The highest BCUT2D eigenvalue weighted by Gasteiger charge is 2.07. The predicted octanol–water partition coefficient (Wildman–Crippen LogP) is 4.27. The molecule has 0 aliphatic heterocycles. The van der Waals surface area contributed by atoms with Gasteiger partial charge in [0.25, 0.3) is 0 Å². The van der Waals surface area contributed by atoms with Crippen molar-refractivity contribution in [2.45, 2.75) is 0 Å². The topological polar surface area (TPSA) is 24.9 Å². The second-order valence-electron chi connectivity index (χ2n) is 3.08. The van der Waals surface area contributed by atoms with Crippen LogP contribution in [0, 0.1) is 5.82 Å². The highest BCUT2D eigenvalue weighted by molar-refractivity contribution is 6.33. The third kappa shape index (κ3) is 2.43. The standard InChI is InChI=1S/C11H7Cl2FN2/c12-7-4-5-10(15-6-7)16-11-8(13)2-1-3-9(11)14/h1-6H,(H,15,16). The summed E-state index contributed by atoms with van der Waals surface area (Å²) in [6, 6.07) is 7.77. The Hall–Kier alpha value is -1.32. The van der Waals surface area contributed by atoms with E-state index in [1.54, 1.807) is 18.2 Å². The van der Waals surface area contributed by atoms with Crippen molar-refractivity contribution in [2.75, 3.05) is 5.32 Å². The second-order valence-corrected chi connectivity index (χ2v) is 3.93. The molecule has 0 saturated heterocycles. The maximum absolute atomic E-state index is 13.4. The second kappa shape index (κ2) is 4.68. The number of benzene rings is 1. The Morgan fingerprint density at radius 3 is 2.56 bits per heavy atom. The molecule has 0 spiro atoms. The van der Waals surface area contributed by atoms with Crippen molar-refractivity contribution < 1.29 is 4.39 Å². The van der Waals surface area contributed by atoms with Crippen LogP contribution in [0.5, 0.6) is 0 Å². The molecule has 0 saturated carbocycles. The molecule has 0 radical (unpaired) electrons. The molecule has 0 bridgehead atoms. The molecule has 0 atom stereocenters. The molecule has 0 unspecified atom stereocenters. The maximum atomic E-state index is 13.4. The molecule has 82 valence electrons. The van der Waals surface area contributed by atoms with E-state index in [4.69, 9.17) is 23.2 Å². The van der Waals surface area contributed by atoms with Crippen LogP contribution in [0.4, 0.5) is 15.9 Å². The van der Waals surface area contributed by atoms with Gasteiger partial charge in [0.15, 0.2) is 0 Å². The SMILES string of the molecule is Fc1cccc(Cl)c1Nc1ccc(Cl)cn1. The van der Waals surface area contributed by atoms with E-state index in [0.717, 1.165) is 0 Å². The normalized spacial score (nSPS) is 10.2. The van der Waals surface area contributed by atoms with Crippen LogP contribution >= 0.6 is 23.2 Å². The summed E-state index contributed by atoms with van der Waals surface area (Å²) in [5, 5.41) is 3.61. The van der Waals surface area contributed by atoms with E-state index < -0.39 is 5.82 Å². The lowest BCUT2D eigenvalue weighted by molar-refractivity contribution is 0.632. The summed E-state index contributed by atoms with van der Waals surface area (Å²) in [5.74, 6) is 0.0562. The van der Waals surface area contributed by atoms with Crippen molar-refractivity contribution in [1.82, 2.24) is 4.98 Å². The van der Waals surface area contributed by atoms with Gasteiger partial charge in [0.2, 0.25) is 0 Å². The molecule has 2 nitrogen and oxygen atoms in total. The summed E-state index contributed by atoms with van der Waals surface area (Å²) in [6.07, 6.45) is 1.47. The van der Waals surface area contributed by atoms with E-state index in [-0.39, 0.29) is 5.69 Å². The quantitative estimate of drug-likeness (QED) is 0.868. The molecule has 1 aromatic carbocycles. The molecule has 0 aliphatic carbocycles. The van der Waals surface area contributed by atoms with E-state index in [9.17, 15) is 4.39 Å². The number of para-hydroxylation sites is 1. The average Bonchev–Trinajstić information content (AvgIpc) is 2.26. The Bertz CT molecular complexity index is 480. The Morgan fingerprint density at radius 1 is 1.12 bits per heavy atom. The first-order valence-electron chi connectivity index (χ1n) is 4.49. The number of hydrogen-bond acceptors (Lipinski definition) is 2. The lowest BCUT2D eigenvalue weighted by Crippen LogP contribution is -1.96. The van der Waals surface area contributed by atoms with Gasteiger partial charge < -0.3 is 5.32 Å². The molecule has 2 aromatic rings. The van der Waals surface area contributed by atoms with Gasteiger partial charge in [0.05, 0.1) is 15.7 Å². The Kier molecular flexibility index (Phi) is 3.27. The van der Waals surface area contributed by atoms with Crippen molar-refractivity contribution >= 4 is 34.7 Å². The molecular weight excluding hydrogens is 250 g/mol. The number of rotatable bonds is 2. The maximum Gasteiger partial charge on any atom is 0.148 e. The number of halogens is 3. The van der Waals surface area contributed by atoms with Gasteiger partial charge in [-0.3, -0.25) is 0 Å². The first-order chi connectivity index (χ1) is 7.66. The Labute approximate surface area is 102 Å². The average molecular weight is 257 g/mol. The van der Waals surface area contributed by atoms with Crippen LogP contribution in [0.3, 0.4) is 0 Å². The number of aromatic nitrogens is 1. The van der Waals surface area contributed by atoms with Crippen molar-refractivity contribution in [1.29, 1.82) is 0 Å². The fourth-order valence-electron chi connectivity index (χ4n) is 1.20. The van der Waals surface area contributed by atoms with Crippen LogP contribution in [-0.4, -0.2) is 4.98 Å². The van der Waals surface area contributed by atoms with Crippen molar-refractivity contribution in [3.63, 3.8) is 0 Å². The van der Waals surface area contributed by atoms with Gasteiger partial charge in [-0.05, 0) is 24.3 Å². The predicted molar refractivity (Wildman–Crippen MR) is 63.9 cm³/mol. The smallest absolute Gasteiger partial charge is 0.148 e. The van der Waals surface area contributed by atoms with Crippen LogP contribution in [-0.2, 0) is 0 Å². The van der Waals surface area contributed by atoms with E-state index >= 15 is 0 Å². The fraction of sp³-hybridized carbons (Fsp3) is 0. The van der Waals surface area contributed by atoms with Crippen molar-refractivity contribution in [3.8, 4) is 0 Å². The Balaban J connectivity index is 2.30. The minimum absolute atomic E-state index is 0.207. The van der Waals surface area contributed by atoms with Crippen LogP contribution in [0.15, 0.2) is 36.5 Å². The molecule has 5 heteroatoms. The number of hydrogen-bond donors (Lipinski definition) is 1. The van der Waals surface area contributed by atoms with Crippen LogP contribution in [0.25, 0.3) is 0 Å². The molecule has 2 rings (SSSR count). The number of anilines is 2. The number of nitrogens with one attached hydrogen (secondary N) is 1. The lowest BCUT2D eigenvalue weighted by Gasteiger charge is -2.08. The van der Waals surface area contributed by atoms with Gasteiger partial charge in [0, 0.05) is 6.20 Å². The zero-order valence-electron chi connectivity index (χ0n) is 8.05. The van der Waals surface area contributed by atoms with E-state index in [1.165, 1.54) is 18.3 Å². The molecule has 0 fully saturated rings. The van der Waals surface area contributed by atoms with Gasteiger partial charge >= 0.3 is 0 Å². The molecule has 16 heavy (non-hydrogen) atoms. The van der Waals surface area contributed by atoms with Crippen molar-refractivity contribution in [3.05, 3.63) is 52.4 Å². The largest absolute Gasteiger partial charge is 0.337 e. The zero-order valence-corrected chi connectivity index (χ0v) is 9.56. The summed E-state index contributed by atoms with van der Waals surface area (Å²) >= 11 is 11.5. The summed E-state index contributed by atoms with van der Waals surface area (Å²) in [4.78, 5) is 3.99. The van der Waals surface area contributed by atoms with Crippen LogP contribution in [0.1, 0.15) is 0 Å². The minimum atomic E-state index is -0.427. The number of nitrogens with zero attached hydrogens (tertiary/aromatic N) is 1. The third-order valence-electron chi connectivity index (χ3n) is 1.94. The molecule has 1 aromatic heterocycles. The van der Waals surface area contributed by atoms with Gasteiger partial charge in [0.1, 0.15) is 11.6 Å². The van der Waals surface area contributed by atoms with E-state index in [0.29, 0.717) is 15.9 Å². The molecule has 0 amide bonds. The van der Waals surface area contributed by atoms with E-state index in [2.05, 4.69) is 10.3 Å². The third-order valence-corrected chi connectivity index (χ3v) is 2.48. The van der Waals surface area contributed by atoms with Gasteiger partial charge in [-0.2, -0.15) is 0 Å². The fourth-order valence-corrected chi connectivity index (χ4v) is 1.52. The molecule has 1 heterocycles. The van der Waals surface area contributed by atoms with Crippen LogP contribution in [0.2, 0.25) is 10.0 Å². The van der Waals surface area contributed by atoms with Crippen molar-refractivity contribution in [2.24, 2.45) is 0 Å². The summed E-state index contributed by atoms with van der Waals surface area (Å²) in [6.45, 7) is 0. The summed E-state index contributed by atoms with van der Waals surface area (Å²) in [7, 11) is 0. The monoisotopic (exact) mass is 256 g/mol. The van der Waals surface area contributed by atoms with Gasteiger partial charge in [-0.1, -0.05) is 29.3 Å².